The van der Waals surface area contributed by atoms with E-state index in [0.29, 0.717) is 29.9 Å². The Kier molecular flexibility index (Phi) is 5.76. The SMILES string of the molecule is O=C(CCn1cnc2ccccc2c1=O)NCc1nccc(N2CCOCC2)n1. The van der Waals surface area contributed by atoms with Crippen molar-refractivity contribution in [3.8, 4) is 0 Å². The molecule has 1 amide bonds. The highest BCUT2D eigenvalue weighted by Gasteiger charge is 2.13. The van der Waals surface area contributed by atoms with Gasteiger partial charge in [-0.15, -0.1) is 0 Å². The molecule has 1 aliphatic rings. The molecule has 1 saturated heterocycles. The van der Waals surface area contributed by atoms with E-state index in [0.717, 1.165) is 18.9 Å². The molecule has 1 fully saturated rings. The summed E-state index contributed by atoms with van der Waals surface area (Å²) >= 11 is 0. The number of carbonyl (C=O) groups excluding carboxylic acids is 1. The van der Waals surface area contributed by atoms with Gasteiger partial charge in [0.2, 0.25) is 5.91 Å². The summed E-state index contributed by atoms with van der Waals surface area (Å²) in [4.78, 5) is 39.8. The molecule has 9 nitrogen and oxygen atoms in total. The Morgan fingerprint density at radius 1 is 1.14 bits per heavy atom. The fraction of sp³-hybridized carbons (Fsp3) is 0.350. The van der Waals surface area contributed by atoms with Crippen LogP contribution in [0.3, 0.4) is 0 Å². The van der Waals surface area contributed by atoms with Gasteiger partial charge in [-0.05, 0) is 18.2 Å². The Balaban J connectivity index is 1.33. The topological polar surface area (TPSA) is 102 Å². The first kappa shape index (κ1) is 19.0. The molecule has 0 unspecified atom stereocenters. The van der Waals surface area contributed by atoms with Crippen molar-refractivity contribution in [1.82, 2.24) is 24.8 Å². The molecular weight excluding hydrogens is 372 g/mol. The highest BCUT2D eigenvalue weighted by molar-refractivity contribution is 5.77. The average molecular weight is 394 g/mol. The summed E-state index contributed by atoms with van der Waals surface area (Å²) in [6.45, 7) is 3.44. The van der Waals surface area contributed by atoms with Gasteiger partial charge in [-0.25, -0.2) is 15.0 Å². The molecule has 3 heterocycles. The second-order valence-electron chi connectivity index (χ2n) is 6.72. The number of nitrogens with one attached hydrogen (secondary N) is 1. The van der Waals surface area contributed by atoms with E-state index in [1.54, 1.807) is 24.4 Å². The summed E-state index contributed by atoms with van der Waals surface area (Å²) in [5, 5.41) is 3.36. The predicted octanol–water partition coefficient (Wildman–Crippen LogP) is 0.730. The van der Waals surface area contributed by atoms with Gasteiger partial charge in [-0.3, -0.25) is 14.2 Å². The normalized spacial score (nSPS) is 14.1. The van der Waals surface area contributed by atoms with Crippen LogP contribution in [-0.2, 0) is 22.6 Å². The molecule has 9 heteroatoms. The summed E-state index contributed by atoms with van der Waals surface area (Å²) < 4.78 is 6.81. The Bertz CT molecular complexity index is 1060. The van der Waals surface area contributed by atoms with Crippen molar-refractivity contribution < 1.29 is 9.53 Å². The first-order valence-corrected chi connectivity index (χ1v) is 9.56. The largest absolute Gasteiger partial charge is 0.378 e. The molecule has 0 aliphatic carbocycles. The third-order valence-electron chi connectivity index (χ3n) is 4.78. The molecule has 1 N–H and O–H groups in total. The molecular formula is C20H22N6O3. The van der Waals surface area contributed by atoms with Crippen molar-refractivity contribution in [2.45, 2.75) is 19.5 Å². The van der Waals surface area contributed by atoms with Crippen LogP contribution in [0.25, 0.3) is 10.9 Å². The van der Waals surface area contributed by atoms with Crippen molar-refractivity contribution in [3.05, 3.63) is 59.0 Å². The van der Waals surface area contributed by atoms with Gasteiger partial charge in [0.1, 0.15) is 11.6 Å². The zero-order valence-corrected chi connectivity index (χ0v) is 16.0. The Labute approximate surface area is 167 Å². The highest BCUT2D eigenvalue weighted by Crippen LogP contribution is 2.11. The summed E-state index contributed by atoms with van der Waals surface area (Å²) in [5.41, 5.74) is 0.500. The number of rotatable bonds is 6. The maximum absolute atomic E-state index is 12.5. The van der Waals surface area contributed by atoms with E-state index in [1.165, 1.54) is 10.9 Å². The molecule has 29 heavy (non-hydrogen) atoms. The van der Waals surface area contributed by atoms with Crippen LogP contribution in [0.1, 0.15) is 12.2 Å². The van der Waals surface area contributed by atoms with Gasteiger partial charge < -0.3 is 15.0 Å². The summed E-state index contributed by atoms with van der Waals surface area (Å²) in [7, 11) is 0. The fourth-order valence-electron chi connectivity index (χ4n) is 3.20. The van der Waals surface area contributed by atoms with Gasteiger partial charge in [0.05, 0.1) is 37.0 Å². The first-order chi connectivity index (χ1) is 14.2. The van der Waals surface area contributed by atoms with E-state index in [9.17, 15) is 9.59 Å². The van der Waals surface area contributed by atoms with Crippen LogP contribution in [0.4, 0.5) is 5.82 Å². The number of aromatic nitrogens is 4. The van der Waals surface area contributed by atoms with E-state index in [-0.39, 0.29) is 31.0 Å². The molecule has 1 aliphatic heterocycles. The van der Waals surface area contributed by atoms with Gasteiger partial charge in [-0.2, -0.15) is 0 Å². The lowest BCUT2D eigenvalue weighted by Gasteiger charge is -2.27. The van der Waals surface area contributed by atoms with Crippen LogP contribution in [0.15, 0.2) is 47.7 Å². The van der Waals surface area contributed by atoms with Crippen LogP contribution in [-0.4, -0.2) is 51.7 Å². The van der Waals surface area contributed by atoms with E-state index in [1.807, 2.05) is 12.1 Å². The number of fused-ring (bicyclic) bond motifs is 1. The van der Waals surface area contributed by atoms with Gasteiger partial charge in [0, 0.05) is 32.3 Å². The van der Waals surface area contributed by atoms with E-state index in [2.05, 4.69) is 25.2 Å². The number of carbonyl (C=O) groups is 1. The van der Waals surface area contributed by atoms with Gasteiger partial charge in [-0.1, -0.05) is 12.1 Å². The number of hydrogen-bond acceptors (Lipinski definition) is 7. The molecule has 0 atom stereocenters. The third-order valence-corrected chi connectivity index (χ3v) is 4.78. The lowest BCUT2D eigenvalue weighted by atomic mass is 10.2. The fourth-order valence-corrected chi connectivity index (χ4v) is 3.20. The van der Waals surface area contributed by atoms with Crippen LogP contribution in [0, 0.1) is 0 Å². The number of nitrogens with zero attached hydrogens (tertiary/aromatic N) is 5. The molecule has 0 spiro atoms. The van der Waals surface area contributed by atoms with Crippen molar-refractivity contribution in [3.63, 3.8) is 0 Å². The second-order valence-corrected chi connectivity index (χ2v) is 6.72. The number of aryl methyl sites for hydroxylation is 1. The quantitative estimate of drug-likeness (QED) is 0.657. The molecule has 150 valence electrons. The van der Waals surface area contributed by atoms with Crippen molar-refractivity contribution >= 4 is 22.6 Å². The molecule has 0 saturated carbocycles. The number of morpholine rings is 1. The Morgan fingerprint density at radius 2 is 1.97 bits per heavy atom. The maximum Gasteiger partial charge on any atom is 0.261 e. The molecule has 1 aromatic carbocycles. The molecule has 4 rings (SSSR count). The smallest absolute Gasteiger partial charge is 0.261 e. The van der Waals surface area contributed by atoms with Crippen LogP contribution in [0.5, 0.6) is 0 Å². The minimum Gasteiger partial charge on any atom is -0.378 e. The minimum atomic E-state index is -0.176. The van der Waals surface area contributed by atoms with E-state index < -0.39 is 0 Å². The third kappa shape index (κ3) is 4.57. The second kappa shape index (κ2) is 8.78. The van der Waals surface area contributed by atoms with Gasteiger partial charge in [0.25, 0.3) is 5.56 Å². The summed E-state index contributed by atoms with van der Waals surface area (Å²) in [6, 6.07) is 9.02. The molecule has 0 radical (unpaired) electrons. The zero-order valence-electron chi connectivity index (χ0n) is 16.0. The lowest BCUT2D eigenvalue weighted by Crippen LogP contribution is -2.37. The number of benzene rings is 1. The Hall–Kier alpha value is -3.33. The van der Waals surface area contributed by atoms with Crippen molar-refractivity contribution in [2.75, 3.05) is 31.2 Å². The number of hydrogen-bond donors (Lipinski definition) is 1. The number of ether oxygens (including phenoxy) is 1. The zero-order chi connectivity index (χ0) is 20.1. The molecule has 0 bridgehead atoms. The first-order valence-electron chi connectivity index (χ1n) is 9.56. The highest BCUT2D eigenvalue weighted by atomic mass is 16.5. The molecule has 2 aromatic heterocycles. The number of para-hydroxylation sites is 1. The minimum absolute atomic E-state index is 0.148. The summed E-state index contributed by atoms with van der Waals surface area (Å²) in [6.07, 6.45) is 3.34. The standard InChI is InChI=1S/C20H22N6O3/c27-19(6-8-26-14-23-16-4-2-1-3-15(16)20(26)28)22-13-17-21-7-5-18(24-17)25-9-11-29-12-10-25/h1-5,7,14H,6,8-13H2,(H,22,27). The van der Waals surface area contributed by atoms with Crippen molar-refractivity contribution in [2.24, 2.45) is 0 Å². The molecule has 3 aromatic rings. The monoisotopic (exact) mass is 394 g/mol. The van der Waals surface area contributed by atoms with Crippen molar-refractivity contribution in [1.29, 1.82) is 0 Å². The predicted molar refractivity (Wildman–Crippen MR) is 108 cm³/mol. The van der Waals surface area contributed by atoms with Crippen LogP contribution < -0.4 is 15.8 Å². The number of anilines is 1. The Morgan fingerprint density at radius 3 is 2.83 bits per heavy atom. The lowest BCUT2D eigenvalue weighted by molar-refractivity contribution is -0.121. The maximum atomic E-state index is 12.5. The van der Waals surface area contributed by atoms with Gasteiger partial charge in [0.15, 0.2) is 0 Å². The summed E-state index contributed by atoms with van der Waals surface area (Å²) in [5.74, 6) is 1.21. The average Bonchev–Trinajstić information content (AvgIpc) is 2.78. The number of amides is 1. The van der Waals surface area contributed by atoms with Crippen LogP contribution in [0.2, 0.25) is 0 Å². The van der Waals surface area contributed by atoms with Crippen LogP contribution >= 0.6 is 0 Å². The van der Waals surface area contributed by atoms with E-state index in [4.69, 9.17) is 4.74 Å². The van der Waals surface area contributed by atoms with E-state index >= 15 is 0 Å². The van der Waals surface area contributed by atoms with Gasteiger partial charge >= 0.3 is 0 Å².